The van der Waals surface area contributed by atoms with Crippen molar-refractivity contribution >= 4 is 127 Å². The molecule has 0 saturated carbocycles. The van der Waals surface area contributed by atoms with E-state index >= 15 is 0 Å². The molecular formula is C88H115ClF6N24O11. The SMILES string of the molecule is C=CC(=O)Cl.C=CC(=O)Nc1cc(Nc2ncnc(Nc3cc(F)c(F)cc3C(C)(O)CC)n2)c(OC)cc1N1CC[C@@H]2CN(C)C[C@@H]21.CCC(C)(O)c1cc(F)c(F)cc1Nc1ncnc(Nc2cc(N)c(N3CC[C@@H]4CN(C)C[C@@H]43)cc2OC)n1.CCC(C)(O)c1cc(F)c(F)cc1Nc1ncnc(Nc2cc([N+](=O)[O-])c(N3CC[C@@H]4CN(C)C[C@@H]43)cc2OC)n1.CO.[HH].[HH].[HH]. The molecular weight excluding hydrogens is 1720 g/mol. The summed E-state index contributed by atoms with van der Waals surface area (Å²) in [6, 6.07) is 17.0. The number of likely N-dealkylation sites (N-methyl/N-ethyl adjacent to an activating group) is 3. The van der Waals surface area contributed by atoms with Crippen LogP contribution in [0.2, 0.25) is 0 Å². The second-order valence-corrected chi connectivity index (χ2v) is 33.1. The van der Waals surface area contributed by atoms with Crippen LogP contribution >= 0.6 is 11.6 Å². The van der Waals surface area contributed by atoms with Gasteiger partial charge in [0.1, 0.15) is 41.9 Å². The molecule has 13 N–H and O–H groups in total. The molecule has 35 nitrogen and oxygen atoms in total. The van der Waals surface area contributed by atoms with Crippen LogP contribution in [0.25, 0.3) is 0 Å². The Morgan fingerprint density at radius 1 is 0.485 bits per heavy atom. The van der Waals surface area contributed by atoms with Crippen LogP contribution in [0.5, 0.6) is 17.2 Å². The molecule has 0 radical (unpaired) electrons. The summed E-state index contributed by atoms with van der Waals surface area (Å²) in [5.74, 6) is -3.38. The van der Waals surface area contributed by atoms with Crippen LogP contribution in [0.3, 0.4) is 0 Å². The van der Waals surface area contributed by atoms with Crippen LogP contribution in [0, 0.1) is 62.8 Å². The molecule has 6 fully saturated rings. The average Bonchev–Trinajstić information content (AvgIpc) is 1.58. The first kappa shape index (κ1) is 98.0. The number of benzene rings is 6. The molecule has 6 saturated heterocycles. The molecule has 9 atom stereocenters. The van der Waals surface area contributed by atoms with Gasteiger partial charge in [-0.1, -0.05) is 33.9 Å². The predicted octanol–water partition coefficient (Wildman–Crippen LogP) is 14.1. The molecule has 0 spiro atoms. The Bertz CT molecular complexity index is 5620. The number of hydrogen-bond donors (Lipinski definition) is 12. The monoisotopic (exact) mass is 1830 g/mol. The lowest BCUT2D eigenvalue weighted by atomic mass is 9.91. The maximum Gasteiger partial charge on any atom is 0.294 e. The minimum Gasteiger partial charge on any atom is -0.494 e. The zero-order chi connectivity index (χ0) is 94.5. The number of nitrogens with two attached hydrogens (primary N) is 1. The molecule has 9 heterocycles. The molecule has 0 aliphatic carbocycles. The molecule has 6 aliphatic heterocycles. The molecule has 6 aliphatic rings. The number of nitrogens with one attached hydrogen (secondary N) is 7. The summed E-state index contributed by atoms with van der Waals surface area (Å²) >= 11 is 4.71. The van der Waals surface area contributed by atoms with E-state index in [4.69, 9.17) is 36.7 Å². The number of nitro groups is 1. The Morgan fingerprint density at radius 3 is 1.09 bits per heavy atom. The van der Waals surface area contributed by atoms with Gasteiger partial charge in [-0.25, -0.2) is 56.2 Å². The minimum absolute atomic E-state index is 0. The van der Waals surface area contributed by atoms with Gasteiger partial charge in [-0.05, 0) is 152 Å². The Kier molecular flexibility index (Phi) is 31.9. The van der Waals surface area contributed by atoms with Gasteiger partial charge in [0, 0.05) is 148 Å². The van der Waals surface area contributed by atoms with E-state index in [1.54, 1.807) is 53.2 Å². The van der Waals surface area contributed by atoms with E-state index in [-0.39, 0.29) is 116 Å². The van der Waals surface area contributed by atoms with Crippen LogP contribution in [-0.4, -0.2) is 223 Å². The molecule has 6 aromatic carbocycles. The standard InChI is InChI=1S/C30H36F2N8O3.C27H32F2N8O4.C27H34F2N8O2.C3H3ClO.CH4O.3H2/c1-6-27(41)35-22-12-23(26(43-5)13-24(22)40-9-8-17-14-39(4)15-25(17)40)37-29-34-16-33-28(38-29)36-21-11-20(32)19(31)10-18(21)30(3,42)7-2;1-5-27(2,38)16-8-17(28)18(29)9-19(16)32-25-30-14-31-26(34-25)33-20-10-22(37(39)40)21(11-24(20)41-4)36-7-6-15-12-35(3)13-23(15)36;1-5-27(2,38)16-8-17(28)18(29)9-20(16)33-25-31-14-32-26(35-25)34-21-10-19(30)22(11-24(21)39-4)37-7-6-15-12-36(3)13-23(15)37;1-2-3(4)5;1-2;;;/h6,10-13,16-17,25,42H,1,7-9,14-15H2,2-5H3,(H,35,41)(H2,33,34,36,37,38);8-11,14-15,23,38H,5-7,12-13H2,1-4H3,(H2,30,31,32,33,34);8-11,14-15,23,38H,5-7,12-13,30H2,1-4H3,(H2,31,32,33,34,35);2H,1H2;2H,1H3;3*1H/t17-,25+,30?;2*15-,23+,27?;;;;;/m111...../s1. The third-order valence-corrected chi connectivity index (χ3v) is 24.2. The Balaban J connectivity index is 0.000000235. The Hall–Kier alpha value is -12.6. The van der Waals surface area contributed by atoms with E-state index in [1.165, 1.54) is 59.0 Å². The van der Waals surface area contributed by atoms with Crippen molar-refractivity contribution in [3.8, 4) is 17.2 Å². The number of amides is 1. The number of nitro benzene ring substituents is 1. The van der Waals surface area contributed by atoms with E-state index < -0.39 is 61.9 Å². The number of aliphatic hydroxyl groups is 4. The van der Waals surface area contributed by atoms with Crippen molar-refractivity contribution in [1.29, 1.82) is 0 Å². The molecule has 9 aromatic rings. The zero-order valence-electron chi connectivity index (χ0n) is 74.3. The lowest BCUT2D eigenvalue weighted by Gasteiger charge is -2.29. The number of nitrogens with zero attached hydrogens (tertiary/aromatic N) is 16. The van der Waals surface area contributed by atoms with Crippen LogP contribution in [-0.2, 0) is 26.4 Å². The molecule has 3 unspecified atom stereocenters. The zero-order valence-corrected chi connectivity index (χ0v) is 75.1. The third-order valence-electron chi connectivity index (χ3n) is 24.1. The summed E-state index contributed by atoms with van der Waals surface area (Å²) < 4.78 is 101. The fourth-order valence-corrected chi connectivity index (χ4v) is 16.9. The van der Waals surface area contributed by atoms with Crippen LogP contribution in [0.1, 0.15) is 101 Å². The van der Waals surface area contributed by atoms with Crippen LogP contribution < -0.4 is 71.9 Å². The molecule has 15 rings (SSSR count). The number of aromatic nitrogens is 9. The fourth-order valence-electron chi connectivity index (χ4n) is 16.9. The minimum atomic E-state index is -1.46. The number of aliphatic hydroxyl groups excluding tert-OH is 1. The Labute approximate surface area is 757 Å². The van der Waals surface area contributed by atoms with Gasteiger partial charge in [-0.15, -0.1) is 0 Å². The van der Waals surface area contributed by atoms with E-state index in [0.29, 0.717) is 75.5 Å². The smallest absolute Gasteiger partial charge is 0.294 e. The normalized spacial score (nSPS) is 19.2. The lowest BCUT2D eigenvalue weighted by molar-refractivity contribution is -0.384. The fraction of sp³-hybridized carbons (Fsp3) is 0.420. The first-order valence-corrected chi connectivity index (χ1v) is 42.2. The molecule has 0 bridgehead atoms. The Morgan fingerprint density at radius 2 is 0.777 bits per heavy atom. The summed E-state index contributed by atoms with van der Waals surface area (Å²) in [5.41, 5.74) is 7.70. The second-order valence-electron chi connectivity index (χ2n) is 32.7. The van der Waals surface area contributed by atoms with Gasteiger partial charge in [0.05, 0.1) is 99.9 Å². The largest absolute Gasteiger partial charge is 0.494 e. The van der Waals surface area contributed by atoms with Gasteiger partial charge in [-0.2, -0.15) is 15.0 Å². The van der Waals surface area contributed by atoms with Crippen molar-refractivity contribution in [2.45, 2.75) is 115 Å². The number of carbonyl (C=O) groups excluding carboxylic acids is 2. The summed E-state index contributed by atoms with van der Waals surface area (Å²) in [6.45, 7) is 24.7. The number of anilines is 17. The summed E-state index contributed by atoms with van der Waals surface area (Å²) in [5, 5.41) is 71.6. The van der Waals surface area contributed by atoms with Crippen molar-refractivity contribution in [3.05, 3.63) is 179 Å². The number of methoxy groups -OCH3 is 3. The van der Waals surface area contributed by atoms with Crippen molar-refractivity contribution in [1.82, 2.24) is 59.6 Å². The number of hydrogen-bond acceptors (Lipinski definition) is 33. The van der Waals surface area contributed by atoms with Gasteiger partial charge in [0.15, 0.2) is 34.9 Å². The van der Waals surface area contributed by atoms with Gasteiger partial charge in [-0.3, -0.25) is 19.7 Å². The first-order chi connectivity index (χ1) is 61.9. The maximum atomic E-state index is 14.2. The van der Waals surface area contributed by atoms with Crippen molar-refractivity contribution in [2.24, 2.45) is 17.8 Å². The maximum absolute atomic E-state index is 14.2. The van der Waals surface area contributed by atoms with Crippen molar-refractivity contribution in [2.75, 3.05) is 166 Å². The topological polar surface area (TPSA) is 432 Å². The predicted molar refractivity (Wildman–Crippen MR) is 492 cm³/mol. The third kappa shape index (κ3) is 22.8. The number of fused-ring (bicyclic) bond motifs is 3. The lowest BCUT2D eigenvalue weighted by Crippen LogP contribution is -2.35. The first-order valence-electron chi connectivity index (χ1n) is 41.9. The van der Waals surface area contributed by atoms with Gasteiger partial charge in [0.25, 0.3) is 5.69 Å². The van der Waals surface area contributed by atoms with Crippen molar-refractivity contribution in [3.63, 3.8) is 0 Å². The summed E-state index contributed by atoms with van der Waals surface area (Å²) in [4.78, 5) is 85.1. The second kappa shape index (κ2) is 42.3. The summed E-state index contributed by atoms with van der Waals surface area (Å²) in [7, 11) is 11.9. The average molecular weight is 1830 g/mol. The number of carbonyl (C=O) groups is 2. The number of allylic oxidation sites excluding steroid dienone is 1. The molecule has 1 amide bonds. The number of halogens is 7. The molecule has 3 aromatic heterocycles. The highest BCUT2D eigenvalue weighted by Crippen LogP contribution is 2.48. The van der Waals surface area contributed by atoms with Crippen LogP contribution in [0.4, 0.5) is 130 Å². The molecule has 42 heteroatoms. The highest BCUT2D eigenvalue weighted by molar-refractivity contribution is 6.66. The quantitative estimate of drug-likeness (QED) is 0.00541. The van der Waals surface area contributed by atoms with E-state index in [1.807, 2.05) is 12.1 Å². The van der Waals surface area contributed by atoms with E-state index in [0.717, 1.165) is 139 Å². The summed E-state index contributed by atoms with van der Waals surface area (Å²) in [6.07, 6.45) is 9.89. The molecule has 130 heavy (non-hydrogen) atoms. The highest BCUT2D eigenvalue weighted by atomic mass is 35.5. The van der Waals surface area contributed by atoms with Gasteiger partial charge < -0.3 is 107 Å². The van der Waals surface area contributed by atoms with E-state index in [2.05, 4.69) is 146 Å². The number of ether oxygens (including phenoxy) is 3. The molecule has 702 valence electrons. The number of rotatable bonds is 28. The van der Waals surface area contributed by atoms with Crippen molar-refractivity contribution < 1.29 is 79.8 Å². The van der Waals surface area contributed by atoms with Gasteiger partial charge in [0.2, 0.25) is 46.8 Å². The highest BCUT2D eigenvalue weighted by Gasteiger charge is 2.45. The van der Waals surface area contributed by atoms with E-state index in [9.17, 15) is 61.4 Å². The van der Waals surface area contributed by atoms with Gasteiger partial charge >= 0.3 is 0 Å². The number of likely N-dealkylation sites (tertiary alicyclic amines) is 3. The van der Waals surface area contributed by atoms with Crippen LogP contribution in [0.15, 0.2) is 117 Å². The number of nitrogen functional groups attached to an aromatic ring is 1.